The molecule has 1 aliphatic rings. The van der Waals surface area contributed by atoms with Crippen molar-refractivity contribution in [3.8, 4) is 6.07 Å². The summed E-state index contributed by atoms with van der Waals surface area (Å²) in [6.45, 7) is 4.70. The maximum absolute atomic E-state index is 11.3. The van der Waals surface area contributed by atoms with Crippen LogP contribution in [0.4, 0.5) is 0 Å². The van der Waals surface area contributed by atoms with E-state index in [2.05, 4.69) is 6.07 Å². The number of carbonyl (C=O) groups excluding carboxylic acids is 1. The van der Waals surface area contributed by atoms with Crippen LogP contribution in [0.2, 0.25) is 0 Å². The molecule has 0 bridgehead atoms. The summed E-state index contributed by atoms with van der Waals surface area (Å²) in [5.74, 6) is 0.368. The second-order valence-corrected chi connectivity index (χ2v) is 3.51. The fourth-order valence-electron chi connectivity index (χ4n) is 1.54. The summed E-state index contributed by atoms with van der Waals surface area (Å²) in [4.78, 5) is 13.0. The Morgan fingerprint density at radius 2 is 2.25 bits per heavy atom. The van der Waals surface area contributed by atoms with Crippen LogP contribution in [0.5, 0.6) is 0 Å². The molecule has 1 aliphatic heterocycles. The Labute approximate surface area is 73.0 Å². The van der Waals surface area contributed by atoms with E-state index in [1.54, 1.807) is 4.90 Å². The van der Waals surface area contributed by atoms with Crippen molar-refractivity contribution in [1.29, 1.82) is 5.26 Å². The first-order valence-electron chi connectivity index (χ1n) is 4.36. The second kappa shape index (κ2) is 3.57. The number of nitriles is 1. The minimum atomic E-state index is -0.222. The first-order chi connectivity index (χ1) is 5.66. The van der Waals surface area contributed by atoms with Crippen LogP contribution in [0, 0.1) is 17.2 Å². The minimum Gasteiger partial charge on any atom is -0.326 e. The van der Waals surface area contributed by atoms with Gasteiger partial charge in [0.2, 0.25) is 5.91 Å². The molecule has 0 aromatic heterocycles. The molecule has 12 heavy (non-hydrogen) atoms. The molecule has 0 N–H and O–H groups in total. The predicted molar refractivity (Wildman–Crippen MR) is 45.2 cm³/mol. The third-order valence-electron chi connectivity index (χ3n) is 2.21. The third kappa shape index (κ3) is 1.58. The zero-order valence-electron chi connectivity index (χ0n) is 7.58. The van der Waals surface area contributed by atoms with E-state index in [1.165, 1.54) is 0 Å². The van der Waals surface area contributed by atoms with Crippen molar-refractivity contribution in [3.05, 3.63) is 0 Å². The lowest BCUT2D eigenvalue weighted by Crippen LogP contribution is -2.38. The largest absolute Gasteiger partial charge is 0.326 e. The number of amides is 1. The van der Waals surface area contributed by atoms with Crippen molar-refractivity contribution in [2.24, 2.45) is 5.92 Å². The number of hydrogen-bond acceptors (Lipinski definition) is 2. The highest BCUT2D eigenvalue weighted by atomic mass is 16.2. The molecule has 3 nitrogen and oxygen atoms in total. The Kier molecular flexibility index (Phi) is 2.69. The standard InChI is InChI=1S/C9H14N2O/c1-7(2)8(6-10)11-5-3-4-9(11)12/h7-8H,3-5H2,1-2H3. The van der Waals surface area contributed by atoms with Crippen LogP contribution in [0.15, 0.2) is 0 Å². The zero-order chi connectivity index (χ0) is 9.14. The van der Waals surface area contributed by atoms with Crippen molar-refractivity contribution in [3.63, 3.8) is 0 Å². The second-order valence-electron chi connectivity index (χ2n) is 3.51. The summed E-state index contributed by atoms with van der Waals surface area (Å²) in [5.41, 5.74) is 0. The first-order valence-corrected chi connectivity index (χ1v) is 4.36. The molecule has 0 radical (unpaired) electrons. The molecule has 1 amide bonds. The lowest BCUT2D eigenvalue weighted by Gasteiger charge is -2.24. The third-order valence-corrected chi connectivity index (χ3v) is 2.21. The monoisotopic (exact) mass is 166 g/mol. The van der Waals surface area contributed by atoms with E-state index in [0.717, 1.165) is 13.0 Å². The lowest BCUT2D eigenvalue weighted by molar-refractivity contribution is -0.129. The first kappa shape index (κ1) is 9.05. The van der Waals surface area contributed by atoms with Gasteiger partial charge in [-0.1, -0.05) is 13.8 Å². The normalized spacial score (nSPS) is 19.8. The molecule has 3 heteroatoms. The van der Waals surface area contributed by atoms with Gasteiger partial charge in [0.25, 0.3) is 0 Å². The number of likely N-dealkylation sites (tertiary alicyclic amines) is 1. The van der Waals surface area contributed by atoms with Gasteiger partial charge in [-0.15, -0.1) is 0 Å². The van der Waals surface area contributed by atoms with Gasteiger partial charge in [0.1, 0.15) is 6.04 Å². The highest BCUT2D eigenvalue weighted by molar-refractivity contribution is 5.78. The molecule has 66 valence electrons. The number of carbonyl (C=O) groups is 1. The van der Waals surface area contributed by atoms with Crippen LogP contribution in [-0.2, 0) is 4.79 Å². The van der Waals surface area contributed by atoms with Crippen molar-refractivity contribution < 1.29 is 4.79 Å². The number of rotatable bonds is 2. The van der Waals surface area contributed by atoms with Gasteiger partial charge in [-0.3, -0.25) is 4.79 Å². The molecule has 1 atom stereocenters. The molecule has 1 unspecified atom stereocenters. The van der Waals surface area contributed by atoms with Crippen molar-refractivity contribution in [2.45, 2.75) is 32.7 Å². The Morgan fingerprint density at radius 3 is 2.58 bits per heavy atom. The summed E-state index contributed by atoms with van der Waals surface area (Å²) in [5, 5.41) is 8.83. The SMILES string of the molecule is CC(C)C(C#N)N1CCCC1=O. The van der Waals surface area contributed by atoms with Crippen LogP contribution >= 0.6 is 0 Å². The maximum atomic E-state index is 11.3. The topological polar surface area (TPSA) is 44.1 Å². The molecule has 0 aliphatic carbocycles. The summed E-state index contributed by atoms with van der Waals surface area (Å²) in [7, 11) is 0. The van der Waals surface area contributed by atoms with Crippen molar-refractivity contribution in [1.82, 2.24) is 4.90 Å². The molecular formula is C9H14N2O. The Balaban J connectivity index is 2.67. The minimum absolute atomic E-state index is 0.134. The zero-order valence-corrected chi connectivity index (χ0v) is 7.58. The van der Waals surface area contributed by atoms with Crippen LogP contribution in [0.25, 0.3) is 0 Å². The molecule has 1 heterocycles. The Morgan fingerprint density at radius 1 is 1.58 bits per heavy atom. The molecule has 0 aromatic carbocycles. The van der Waals surface area contributed by atoms with Gasteiger partial charge in [0, 0.05) is 13.0 Å². The number of hydrogen-bond donors (Lipinski definition) is 0. The van der Waals surface area contributed by atoms with Crippen LogP contribution in [0.1, 0.15) is 26.7 Å². The summed E-state index contributed by atoms with van der Waals surface area (Å²) >= 11 is 0. The van der Waals surface area contributed by atoms with E-state index in [4.69, 9.17) is 5.26 Å². The highest BCUT2D eigenvalue weighted by Crippen LogP contribution is 2.17. The predicted octanol–water partition coefficient (Wildman–Crippen LogP) is 1.16. The quantitative estimate of drug-likeness (QED) is 0.617. The lowest BCUT2D eigenvalue weighted by atomic mass is 10.0. The van der Waals surface area contributed by atoms with Crippen molar-refractivity contribution in [2.75, 3.05) is 6.54 Å². The van der Waals surface area contributed by atoms with E-state index < -0.39 is 0 Å². The van der Waals surface area contributed by atoms with Crippen LogP contribution < -0.4 is 0 Å². The fourth-order valence-corrected chi connectivity index (χ4v) is 1.54. The number of nitrogens with zero attached hydrogens (tertiary/aromatic N) is 2. The molecule has 0 spiro atoms. The molecular weight excluding hydrogens is 152 g/mol. The van der Waals surface area contributed by atoms with Gasteiger partial charge in [0.05, 0.1) is 6.07 Å². The van der Waals surface area contributed by atoms with Gasteiger partial charge in [-0.05, 0) is 12.3 Å². The molecule has 1 fully saturated rings. The molecule has 0 aromatic rings. The van der Waals surface area contributed by atoms with Crippen LogP contribution in [-0.4, -0.2) is 23.4 Å². The smallest absolute Gasteiger partial charge is 0.223 e. The summed E-state index contributed by atoms with van der Waals surface area (Å²) < 4.78 is 0. The molecule has 0 saturated carbocycles. The van der Waals surface area contributed by atoms with Gasteiger partial charge in [-0.2, -0.15) is 5.26 Å². The van der Waals surface area contributed by atoms with E-state index >= 15 is 0 Å². The molecule has 1 rings (SSSR count). The van der Waals surface area contributed by atoms with Crippen LogP contribution in [0.3, 0.4) is 0 Å². The fraction of sp³-hybridized carbons (Fsp3) is 0.778. The van der Waals surface area contributed by atoms with E-state index in [1.807, 2.05) is 13.8 Å². The van der Waals surface area contributed by atoms with E-state index in [-0.39, 0.29) is 17.9 Å². The van der Waals surface area contributed by atoms with E-state index in [0.29, 0.717) is 6.42 Å². The average molecular weight is 166 g/mol. The van der Waals surface area contributed by atoms with Gasteiger partial charge >= 0.3 is 0 Å². The Bertz CT molecular complexity index is 217. The highest BCUT2D eigenvalue weighted by Gasteiger charge is 2.29. The summed E-state index contributed by atoms with van der Waals surface area (Å²) in [6.07, 6.45) is 1.52. The van der Waals surface area contributed by atoms with Gasteiger partial charge in [-0.25, -0.2) is 0 Å². The average Bonchev–Trinajstić information content (AvgIpc) is 2.38. The van der Waals surface area contributed by atoms with Gasteiger partial charge < -0.3 is 4.90 Å². The molecule has 1 saturated heterocycles. The Hall–Kier alpha value is -1.04. The van der Waals surface area contributed by atoms with Gasteiger partial charge in [0.15, 0.2) is 0 Å². The maximum Gasteiger partial charge on any atom is 0.223 e. The van der Waals surface area contributed by atoms with E-state index in [9.17, 15) is 4.79 Å². The van der Waals surface area contributed by atoms with Crippen molar-refractivity contribution >= 4 is 5.91 Å². The summed E-state index contributed by atoms with van der Waals surface area (Å²) in [6, 6.07) is 1.96.